The zero-order valence-corrected chi connectivity index (χ0v) is 24.2. The van der Waals surface area contributed by atoms with Crippen molar-refractivity contribution in [2.75, 3.05) is 21.3 Å². The minimum absolute atomic E-state index is 0.134. The van der Waals surface area contributed by atoms with Crippen LogP contribution in [0.1, 0.15) is 31.1 Å². The molecule has 0 aromatic heterocycles. The Morgan fingerprint density at radius 1 is 0.605 bits per heavy atom. The Kier molecular flexibility index (Phi) is 12.7. The average Bonchev–Trinajstić information content (AvgIpc) is 2.86. The zero-order chi connectivity index (χ0) is 29.2. The van der Waals surface area contributed by atoms with Crippen molar-refractivity contribution in [2.24, 2.45) is 0 Å². The van der Waals surface area contributed by atoms with Crippen molar-refractivity contribution in [3.63, 3.8) is 0 Å². The van der Waals surface area contributed by atoms with E-state index in [0.717, 1.165) is 33.9 Å². The number of aromatic hydroxyl groups is 4. The van der Waals surface area contributed by atoms with Crippen molar-refractivity contribution in [2.45, 2.75) is 0 Å². The first kappa shape index (κ1) is 32.4. The van der Waals surface area contributed by atoms with Gasteiger partial charge in [0.05, 0.1) is 45.2 Å². The maximum absolute atomic E-state index is 11.3. The highest BCUT2D eigenvalue weighted by Crippen LogP contribution is 2.32. The summed E-state index contributed by atoms with van der Waals surface area (Å²) in [5, 5.41) is 52.7. The van der Waals surface area contributed by atoms with Crippen molar-refractivity contribution in [1.29, 1.82) is 0 Å². The summed E-state index contributed by atoms with van der Waals surface area (Å²) in [5.41, 5.74) is 0.138. The summed E-state index contributed by atoms with van der Waals surface area (Å²) in [6, 6.07) is 8.59. The Balaban J connectivity index is 0.000000289. The lowest BCUT2D eigenvalue weighted by molar-refractivity contribution is 0.0598. The Morgan fingerprint density at radius 2 is 1.00 bits per heavy atom. The van der Waals surface area contributed by atoms with Gasteiger partial charge in [-0.25, -0.2) is 14.4 Å². The molecule has 204 valence electrons. The third-order valence-corrected chi connectivity index (χ3v) is 6.47. The van der Waals surface area contributed by atoms with Gasteiger partial charge in [0.25, 0.3) is 0 Å². The molecule has 3 aromatic carbocycles. The molecule has 12 nitrogen and oxygen atoms in total. The van der Waals surface area contributed by atoms with E-state index in [1.54, 1.807) is 34.7 Å². The number of rotatable bonds is 5. The normalized spacial score (nSPS) is 9.61. The molecule has 3 rings (SSSR count). The highest BCUT2D eigenvalue weighted by Gasteiger charge is 2.14. The van der Waals surface area contributed by atoms with Crippen LogP contribution in [0.4, 0.5) is 0 Å². The van der Waals surface area contributed by atoms with E-state index < -0.39 is 17.9 Å². The van der Waals surface area contributed by atoms with E-state index in [-0.39, 0.29) is 37.7 Å². The number of hydrogen-bond acceptors (Lipinski definition) is 10. The number of methoxy groups -OCH3 is 3. The summed E-state index contributed by atoms with van der Waals surface area (Å²) >= 11 is 3.81. The van der Waals surface area contributed by atoms with Crippen molar-refractivity contribution < 1.29 is 59.2 Å². The molecule has 0 saturated heterocycles. The molecule has 0 aliphatic heterocycles. The first-order valence-electron chi connectivity index (χ1n) is 9.96. The van der Waals surface area contributed by atoms with E-state index in [9.17, 15) is 14.4 Å². The number of ether oxygens (including phenoxy) is 3. The van der Waals surface area contributed by atoms with Crippen LogP contribution in [-0.2, 0) is 4.74 Å². The van der Waals surface area contributed by atoms with E-state index in [1.807, 2.05) is 0 Å². The van der Waals surface area contributed by atoms with E-state index in [4.69, 9.17) is 40.1 Å². The molecule has 0 atom stereocenters. The zero-order valence-electron chi connectivity index (χ0n) is 19.9. The average molecular weight is 756 g/mol. The van der Waals surface area contributed by atoms with Gasteiger partial charge < -0.3 is 44.8 Å². The molecule has 0 fully saturated rings. The monoisotopic (exact) mass is 756 g/mol. The second kappa shape index (κ2) is 14.9. The minimum Gasteiger partial charge on any atom is -0.508 e. The first-order valence-corrected chi connectivity index (χ1v) is 12.1. The van der Waals surface area contributed by atoms with Crippen LogP contribution < -0.4 is 9.47 Å². The lowest BCUT2D eigenvalue weighted by atomic mass is 10.2. The number of hydrogen-bond donors (Lipinski definition) is 6. The van der Waals surface area contributed by atoms with Gasteiger partial charge in [-0.2, -0.15) is 0 Å². The summed E-state index contributed by atoms with van der Waals surface area (Å²) in [4.78, 5) is 32.0. The number of carboxylic acid groups (broad SMARTS) is 2. The van der Waals surface area contributed by atoms with Crippen molar-refractivity contribution in [3.8, 4) is 34.5 Å². The van der Waals surface area contributed by atoms with Gasteiger partial charge in [0, 0.05) is 6.07 Å². The number of carbonyl (C=O) groups is 3. The molecule has 0 saturated carbocycles. The van der Waals surface area contributed by atoms with Gasteiger partial charge in [0.15, 0.2) is 0 Å². The van der Waals surface area contributed by atoms with Crippen LogP contribution in [0.5, 0.6) is 34.5 Å². The molecule has 0 unspecified atom stereocenters. The Labute approximate surface area is 243 Å². The van der Waals surface area contributed by atoms with Crippen molar-refractivity contribution in [3.05, 3.63) is 66.3 Å². The van der Waals surface area contributed by atoms with Crippen LogP contribution in [0.25, 0.3) is 0 Å². The fourth-order valence-corrected chi connectivity index (χ4v) is 3.60. The largest absolute Gasteiger partial charge is 0.508 e. The fraction of sp³-hybridized carbons (Fsp3) is 0.125. The number of benzene rings is 3. The molecule has 0 heterocycles. The maximum Gasteiger partial charge on any atom is 0.338 e. The molecule has 0 amide bonds. The number of carboxylic acids is 2. The highest BCUT2D eigenvalue weighted by atomic mass is 127. The Hall–Kier alpha value is -3.67. The number of phenols is 4. The van der Waals surface area contributed by atoms with Crippen LogP contribution in [0.3, 0.4) is 0 Å². The quantitative estimate of drug-likeness (QED) is 0.160. The Morgan fingerprint density at radius 3 is 1.34 bits per heavy atom. The molecule has 0 aliphatic carbocycles. The van der Waals surface area contributed by atoms with Crippen LogP contribution in [0, 0.1) is 7.14 Å². The lowest BCUT2D eigenvalue weighted by Crippen LogP contribution is -2.03. The van der Waals surface area contributed by atoms with Gasteiger partial charge in [-0.15, -0.1) is 0 Å². The summed E-state index contributed by atoms with van der Waals surface area (Å²) in [5.74, 6) is -2.58. The third kappa shape index (κ3) is 9.33. The SMILES string of the molecule is COC(=O)c1cc(OC)c(I)c(OC)c1.O=C(O)c1cc(O)c(I)c(O)c1.O=C(O)c1cc(O)cc(O)c1. The molecule has 6 N–H and O–H groups in total. The maximum atomic E-state index is 11.3. The van der Waals surface area contributed by atoms with E-state index in [2.05, 4.69) is 27.3 Å². The standard InChI is InChI=1S/C10H11IO4.C7H5IO4.C7H6O4/c1-13-7-4-6(10(12)15-3)5-8(14-2)9(7)11;8-6-4(9)1-3(7(11)12)2-5(6)10;8-5-1-4(7(10)11)2-6(9)3-5/h4-5H,1-3H3;1-2,9-10H,(H,11,12);1-3,8-9H,(H,10,11). The van der Waals surface area contributed by atoms with Crippen molar-refractivity contribution >= 4 is 63.1 Å². The van der Waals surface area contributed by atoms with Crippen LogP contribution >= 0.6 is 45.2 Å². The van der Waals surface area contributed by atoms with Crippen LogP contribution in [0.2, 0.25) is 0 Å². The van der Waals surface area contributed by atoms with E-state index in [1.165, 1.54) is 21.3 Å². The lowest BCUT2D eigenvalue weighted by Gasteiger charge is -2.10. The minimum atomic E-state index is -1.18. The smallest absolute Gasteiger partial charge is 0.338 e. The number of esters is 1. The van der Waals surface area contributed by atoms with Gasteiger partial charge in [0.2, 0.25) is 0 Å². The van der Waals surface area contributed by atoms with Crippen LogP contribution in [0.15, 0.2) is 42.5 Å². The molecule has 0 radical (unpaired) electrons. The number of phenolic OH excluding ortho intramolecular Hbond substituents is 4. The molecule has 0 spiro atoms. The second-order valence-corrected chi connectivity index (χ2v) is 9.02. The molecular formula is C24H22I2O12. The molecular weight excluding hydrogens is 734 g/mol. The fourth-order valence-electron chi connectivity index (χ4n) is 2.54. The molecule has 38 heavy (non-hydrogen) atoms. The van der Waals surface area contributed by atoms with Crippen LogP contribution in [-0.4, -0.2) is 69.9 Å². The van der Waals surface area contributed by atoms with Crippen molar-refractivity contribution in [1.82, 2.24) is 0 Å². The highest BCUT2D eigenvalue weighted by molar-refractivity contribution is 14.1. The Bertz CT molecular complexity index is 1260. The van der Waals surface area contributed by atoms with Gasteiger partial charge in [-0.3, -0.25) is 0 Å². The number of aromatic carboxylic acids is 2. The summed E-state index contributed by atoms with van der Waals surface area (Å²) in [6.45, 7) is 0. The number of halogens is 2. The summed E-state index contributed by atoms with van der Waals surface area (Å²) in [6.07, 6.45) is 0. The van der Waals surface area contributed by atoms with E-state index >= 15 is 0 Å². The molecule has 0 bridgehead atoms. The molecule has 0 aliphatic rings. The predicted octanol–water partition coefficient (Wildman–Crippen LogP) is 4.29. The van der Waals surface area contributed by atoms with Gasteiger partial charge in [-0.05, 0) is 81.6 Å². The summed E-state index contributed by atoms with van der Waals surface area (Å²) in [7, 11) is 4.41. The number of carbonyl (C=O) groups excluding carboxylic acids is 1. The molecule has 3 aromatic rings. The third-order valence-electron chi connectivity index (χ3n) is 4.30. The first-order chi connectivity index (χ1) is 17.7. The summed E-state index contributed by atoms with van der Waals surface area (Å²) < 4.78 is 15.9. The van der Waals surface area contributed by atoms with Gasteiger partial charge in [0.1, 0.15) is 34.5 Å². The predicted molar refractivity (Wildman–Crippen MR) is 150 cm³/mol. The topological polar surface area (TPSA) is 200 Å². The van der Waals surface area contributed by atoms with E-state index in [0.29, 0.717) is 17.1 Å². The molecule has 14 heteroatoms. The van der Waals surface area contributed by atoms with Gasteiger partial charge in [-0.1, -0.05) is 0 Å². The van der Waals surface area contributed by atoms with Gasteiger partial charge >= 0.3 is 17.9 Å². The second-order valence-electron chi connectivity index (χ2n) is 6.86.